The molecule has 1 heterocycles. The quantitative estimate of drug-likeness (QED) is 0.229. The zero-order chi connectivity index (χ0) is 23.7. The number of thiocarbonyl (C=S) groups is 1. The second-order valence-electron chi connectivity index (χ2n) is 7.61. The molecule has 0 unspecified atom stereocenters. The van der Waals surface area contributed by atoms with Crippen molar-refractivity contribution in [2.45, 2.75) is 0 Å². The SMILES string of the molecule is O=C(NC(=S)Nc1cccc(-c2cc3ccccc3oc2=O)c1)c1cccc2c(Cl)cccc12. The fourth-order valence-corrected chi connectivity index (χ4v) is 4.28. The van der Waals surface area contributed by atoms with Crippen LogP contribution in [0.25, 0.3) is 32.9 Å². The highest BCUT2D eigenvalue weighted by atomic mass is 35.5. The molecule has 0 atom stereocenters. The van der Waals surface area contributed by atoms with Gasteiger partial charge in [-0.3, -0.25) is 10.1 Å². The Balaban J connectivity index is 1.37. The van der Waals surface area contributed by atoms with Crippen LogP contribution in [0.1, 0.15) is 10.4 Å². The van der Waals surface area contributed by atoms with Crippen LogP contribution in [0.5, 0.6) is 0 Å². The number of halogens is 1. The number of para-hydroxylation sites is 1. The Hall–Kier alpha value is -4.00. The van der Waals surface area contributed by atoms with Gasteiger partial charge in [-0.05, 0) is 59.6 Å². The van der Waals surface area contributed by atoms with E-state index in [1.165, 1.54) is 0 Å². The molecule has 0 spiro atoms. The smallest absolute Gasteiger partial charge is 0.344 e. The third-order valence-corrected chi connectivity index (χ3v) is 5.95. The minimum absolute atomic E-state index is 0.131. The van der Waals surface area contributed by atoms with Crippen molar-refractivity contribution in [1.29, 1.82) is 0 Å². The van der Waals surface area contributed by atoms with E-state index in [1.807, 2.05) is 36.4 Å². The summed E-state index contributed by atoms with van der Waals surface area (Å²) in [6.45, 7) is 0. The third-order valence-electron chi connectivity index (χ3n) is 5.41. The molecule has 1 aromatic heterocycles. The number of carbonyl (C=O) groups excluding carboxylic acids is 1. The van der Waals surface area contributed by atoms with Gasteiger partial charge in [0.15, 0.2) is 5.11 Å². The summed E-state index contributed by atoms with van der Waals surface area (Å²) in [5, 5.41) is 8.78. The fraction of sp³-hybridized carbons (Fsp3) is 0. The number of amides is 1. The summed E-state index contributed by atoms with van der Waals surface area (Å²) in [5.74, 6) is -0.350. The van der Waals surface area contributed by atoms with Crippen LogP contribution in [-0.2, 0) is 0 Å². The second kappa shape index (κ2) is 9.09. The maximum atomic E-state index is 12.9. The Morgan fingerprint density at radius 2 is 1.62 bits per heavy atom. The first-order valence-electron chi connectivity index (χ1n) is 10.4. The van der Waals surface area contributed by atoms with Crippen molar-refractivity contribution in [3.05, 3.63) is 112 Å². The van der Waals surface area contributed by atoms with Gasteiger partial charge in [-0.1, -0.05) is 66.2 Å². The van der Waals surface area contributed by atoms with Gasteiger partial charge >= 0.3 is 5.63 Å². The molecule has 4 aromatic carbocycles. The van der Waals surface area contributed by atoms with Crippen LogP contribution in [0.3, 0.4) is 0 Å². The molecule has 0 saturated heterocycles. The number of hydrogen-bond acceptors (Lipinski definition) is 4. The van der Waals surface area contributed by atoms with Crippen LogP contribution in [-0.4, -0.2) is 11.0 Å². The molecule has 0 aliphatic rings. The van der Waals surface area contributed by atoms with Gasteiger partial charge in [0, 0.05) is 27.0 Å². The zero-order valence-corrected chi connectivity index (χ0v) is 19.2. The Kier molecular flexibility index (Phi) is 5.84. The van der Waals surface area contributed by atoms with Gasteiger partial charge < -0.3 is 9.73 Å². The standard InChI is InChI=1S/C27H17ClN2O3S/c28-23-12-5-9-19-20(23)10-4-11-21(19)25(31)30-27(34)29-18-8-3-7-16(14-18)22-15-17-6-1-2-13-24(17)33-26(22)32/h1-15H,(H2,29,30,31,34). The predicted octanol–water partition coefficient (Wildman–Crippen LogP) is 6.39. The van der Waals surface area contributed by atoms with Crippen LogP contribution in [0.2, 0.25) is 5.02 Å². The first kappa shape index (κ1) is 21.8. The van der Waals surface area contributed by atoms with E-state index in [0.29, 0.717) is 33.0 Å². The average Bonchev–Trinajstić information content (AvgIpc) is 2.83. The number of rotatable bonds is 3. The Morgan fingerprint density at radius 3 is 2.50 bits per heavy atom. The molecule has 0 fully saturated rings. The number of benzene rings is 4. The summed E-state index contributed by atoms with van der Waals surface area (Å²) >= 11 is 11.6. The maximum absolute atomic E-state index is 12.9. The van der Waals surface area contributed by atoms with Gasteiger partial charge in [-0.25, -0.2) is 4.79 Å². The Morgan fingerprint density at radius 1 is 0.853 bits per heavy atom. The van der Waals surface area contributed by atoms with Crippen molar-refractivity contribution < 1.29 is 9.21 Å². The molecule has 5 rings (SSSR count). The van der Waals surface area contributed by atoms with E-state index in [9.17, 15) is 9.59 Å². The zero-order valence-electron chi connectivity index (χ0n) is 17.7. The molecule has 0 bridgehead atoms. The number of carbonyl (C=O) groups is 1. The van der Waals surface area contributed by atoms with Crippen molar-refractivity contribution in [3.63, 3.8) is 0 Å². The van der Waals surface area contributed by atoms with Crippen LogP contribution in [0.15, 0.2) is 100 Å². The highest BCUT2D eigenvalue weighted by Gasteiger charge is 2.13. The molecule has 0 aliphatic heterocycles. The fourth-order valence-electron chi connectivity index (χ4n) is 3.83. The third kappa shape index (κ3) is 4.29. The molecule has 0 aliphatic carbocycles. The van der Waals surface area contributed by atoms with E-state index in [-0.39, 0.29) is 11.0 Å². The lowest BCUT2D eigenvalue weighted by molar-refractivity contribution is 0.0979. The molecule has 0 saturated carbocycles. The summed E-state index contributed by atoms with van der Waals surface area (Å²) in [6.07, 6.45) is 0. The molecule has 166 valence electrons. The molecule has 5 nitrogen and oxygen atoms in total. The molecule has 0 radical (unpaired) electrons. The van der Waals surface area contributed by atoms with E-state index in [2.05, 4.69) is 10.6 Å². The van der Waals surface area contributed by atoms with E-state index < -0.39 is 5.63 Å². The highest BCUT2D eigenvalue weighted by molar-refractivity contribution is 7.80. The molecule has 7 heteroatoms. The largest absolute Gasteiger partial charge is 0.422 e. The van der Waals surface area contributed by atoms with Gasteiger partial charge in [0.2, 0.25) is 0 Å². The lowest BCUT2D eigenvalue weighted by atomic mass is 10.0. The lowest BCUT2D eigenvalue weighted by Crippen LogP contribution is -2.34. The van der Waals surface area contributed by atoms with Gasteiger partial charge in [-0.15, -0.1) is 0 Å². The summed E-state index contributed by atoms with van der Waals surface area (Å²) in [7, 11) is 0. The second-order valence-corrected chi connectivity index (χ2v) is 8.43. The van der Waals surface area contributed by atoms with Crippen molar-refractivity contribution >= 4 is 62.3 Å². The van der Waals surface area contributed by atoms with Crippen LogP contribution in [0, 0.1) is 0 Å². The van der Waals surface area contributed by atoms with E-state index in [1.54, 1.807) is 54.6 Å². The first-order valence-corrected chi connectivity index (χ1v) is 11.2. The average molecular weight is 485 g/mol. The van der Waals surface area contributed by atoms with Crippen molar-refractivity contribution in [3.8, 4) is 11.1 Å². The lowest BCUT2D eigenvalue weighted by Gasteiger charge is -2.12. The minimum Gasteiger partial charge on any atom is -0.422 e. The molecular weight excluding hydrogens is 468 g/mol. The summed E-state index contributed by atoms with van der Waals surface area (Å²) in [6, 6.07) is 27.1. The molecule has 34 heavy (non-hydrogen) atoms. The van der Waals surface area contributed by atoms with Gasteiger partial charge in [0.1, 0.15) is 5.58 Å². The number of nitrogens with one attached hydrogen (secondary N) is 2. The Bertz CT molecular complexity index is 1640. The highest BCUT2D eigenvalue weighted by Crippen LogP contribution is 2.26. The molecular formula is C27H17ClN2O3S. The first-order chi connectivity index (χ1) is 16.5. The maximum Gasteiger partial charge on any atom is 0.344 e. The van der Waals surface area contributed by atoms with E-state index in [0.717, 1.165) is 16.2 Å². The van der Waals surface area contributed by atoms with Gasteiger partial charge in [0.25, 0.3) is 5.91 Å². The van der Waals surface area contributed by atoms with Crippen molar-refractivity contribution in [2.75, 3.05) is 5.32 Å². The Labute approximate surface area is 205 Å². The summed E-state index contributed by atoms with van der Waals surface area (Å²) in [5.41, 5.74) is 2.29. The summed E-state index contributed by atoms with van der Waals surface area (Å²) in [4.78, 5) is 25.4. The molecule has 5 aromatic rings. The topological polar surface area (TPSA) is 71.3 Å². The number of hydrogen-bond donors (Lipinski definition) is 2. The summed E-state index contributed by atoms with van der Waals surface area (Å²) < 4.78 is 5.45. The molecule has 2 N–H and O–H groups in total. The predicted molar refractivity (Wildman–Crippen MR) is 141 cm³/mol. The minimum atomic E-state index is -0.429. The normalized spacial score (nSPS) is 10.9. The van der Waals surface area contributed by atoms with Crippen molar-refractivity contribution in [2.24, 2.45) is 0 Å². The number of fused-ring (bicyclic) bond motifs is 2. The van der Waals surface area contributed by atoms with Crippen LogP contribution < -0.4 is 16.3 Å². The van der Waals surface area contributed by atoms with E-state index in [4.69, 9.17) is 28.2 Å². The van der Waals surface area contributed by atoms with Gasteiger partial charge in [-0.2, -0.15) is 0 Å². The monoisotopic (exact) mass is 484 g/mol. The van der Waals surface area contributed by atoms with E-state index >= 15 is 0 Å². The van der Waals surface area contributed by atoms with Crippen LogP contribution in [0.4, 0.5) is 5.69 Å². The van der Waals surface area contributed by atoms with Crippen LogP contribution >= 0.6 is 23.8 Å². The molecule has 1 amide bonds. The van der Waals surface area contributed by atoms with Gasteiger partial charge in [0.05, 0.1) is 5.56 Å². The number of anilines is 1. The van der Waals surface area contributed by atoms with Crippen molar-refractivity contribution in [1.82, 2.24) is 5.32 Å².